The van der Waals surface area contributed by atoms with E-state index in [0.29, 0.717) is 11.8 Å². The van der Waals surface area contributed by atoms with Crippen LogP contribution in [0.3, 0.4) is 0 Å². The molecule has 0 aromatic heterocycles. The second-order valence-electron chi connectivity index (χ2n) is 4.20. The number of amides is 2. The van der Waals surface area contributed by atoms with E-state index in [4.69, 9.17) is 0 Å². The second kappa shape index (κ2) is 2.03. The van der Waals surface area contributed by atoms with Crippen LogP contribution >= 0.6 is 0 Å². The predicted octanol–water partition coefficient (Wildman–Crippen LogP) is 0.711. The maximum atomic E-state index is 11.6. The van der Waals surface area contributed by atoms with Crippen molar-refractivity contribution in [1.29, 1.82) is 0 Å². The van der Waals surface area contributed by atoms with Gasteiger partial charge in [-0.2, -0.15) is 0 Å². The van der Waals surface area contributed by atoms with E-state index in [0.717, 1.165) is 30.4 Å². The summed E-state index contributed by atoms with van der Waals surface area (Å²) in [4.78, 5) is 24.5. The number of hydrogen-bond donors (Lipinski definition) is 0. The summed E-state index contributed by atoms with van der Waals surface area (Å²) in [5.74, 6) is 0.738. The summed E-state index contributed by atoms with van der Waals surface area (Å²) in [6.07, 6.45) is 3.27. The molecule has 2 atom stereocenters. The lowest BCUT2D eigenvalue weighted by Gasteiger charge is -2.11. The Morgan fingerprint density at radius 2 is 1.54 bits per heavy atom. The Morgan fingerprint density at radius 3 is 2.00 bits per heavy atom. The molecule has 3 aliphatic rings. The van der Waals surface area contributed by atoms with E-state index in [-0.39, 0.29) is 11.8 Å². The van der Waals surface area contributed by atoms with Gasteiger partial charge >= 0.3 is 0 Å². The van der Waals surface area contributed by atoms with Crippen molar-refractivity contribution in [2.75, 3.05) is 7.05 Å². The quantitative estimate of drug-likeness (QED) is 0.511. The number of fused-ring (bicyclic) bond motifs is 4. The maximum Gasteiger partial charge on any atom is 0.257 e. The van der Waals surface area contributed by atoms with Crippen molar-refractivity contribution in [2.45, 2.75) is 19.3 Å². The summed E-state index contributed by atoms with van der Waals surface area (Å²) >= 11 is 0. The number of likely N-dealkylation sites (tertiary alicyclic amines) is 1. The Labute approximate surface area is 76.4 Å². The molecule has 2 amide bonds. The zero-order valence-electron chi connectivity index (χ0n) is 7.54. The third-order valence-corrected chi connectivity index (χ3v) is 3.61. The Hall–Kier alpha value is -1.12. The van der Waals surface area contributed by atoms with Crippen LogP contribution < -0.4 is 0 Å². The molecule has 3 heteroatoms. The minimum atomic E-state index is -0.0350. The first kappa shape index (κ1) is 7.30. The summed E-state index contributed by atoms with van der Waals surface area (Å²) in [6.45, 7) is 0. The van der Waals surface area contributed by atoms with Crippen molar-refractivity contribution in [2.24, 2.45) is 11.8 Å². The van der Waals surface area contributed by atoms with Crippen LogP contribution in [0.15, 0.2) is 11.1 Å². The number of nitrogens with zero attached hydrogens (tertiary/aromatic N) is 1. The van der Waals surface area contributed by atoms with E-state index in [1.165, 1.54) is 4.90 Å². The van der Waals surface area contributed by atoms with E-state index in [2.05, 4.69) is 0 Å². The molecule has 2 bridgehead atoms. The Balaban J connectivity index is 2.15. The van der Waals surface area contributed by atoms with E-state index >= 15 is 0 Å². The Kier molecular flexibility index (Phi) is 1.14. The minimum absolute atomic E-state index is 0.0350. The van der Waals surface area contributed by atoms with Crippen LogP contribution in [0, 0.1) is 11.8 Å². The lowest BCUT2D eigenvalue weighted by Crippen LogP contribution is -2.29. The van der Waals surface area contributed by atoms with Gasteiger partial charge in [0.1, 0.15) is 0 Å². The summed E-state index contributed by atoms with van der Waals surface area (Å²) in [7, 11) is 1.59. The molecule has 0 saturated heterocycles. The average Bonchev–Trinajstić information content (AvgIpc) is 2.76. The molecule has 0 N–H and O–H groups in total. The lowest BCUT2D eigenvalue weighted by atomic mass is 9.93. The Morgan fingerprint density at radius 1 is 1.08 bits per heavy atom. The molecule has 0 aromatic carbocycles. The smallest absolute Gasteiger partial charge is 0.257 e. The molecule has 13 heavy (non-hydrogen) atoms. The van der Waals surface area contributed by atoms with Crippen LogP contribution in [-0.2, 0) is 9.59 Å². The molecule has 0 radical (unpaired) electrons. The molecule has 2 aliphatic carbocycles. The monoisotopic (exact) mass is 177 g/mol. The molecule has 68 valence electrons. The van der Waals surface area contributed by atoms with Crippen LogP contribution in [0.25, 0.3) is 0 Å². The van der Waals surface area contributed by atoms with Gasteiger partial charge in [0.15, 0.2) is 0 Å². The fourth-order valence-electron chi connectivity index (χ4n) is 2.98. The van der Waals surface area contributed by atoms with Crippen LogP contribution in [0.5, 0.6) is 0 Å². The van der Waals surface area contributed by atoms with Crippen molar-refractivity contribution < 1.29 is 9.59 Å². The van der Waals surface area contributed by atoms with Gasteiger partial charge in [-0.3, -0.25) is 14.5 Å². The fourth-order valence-corrected chi connectivity index (χ4v) is 2.98. The van der Waals surface area contributed by atoms with Crippen LogP contribution in [0.1, 0.15) is 19.3 Å². The molecule has 3 rings (SSSR count). The van der Waals surface area contributed by atoms with E-state index in [9.17, 15) is 9.59 Å². The van der Waals surface area contributed by atoms with E-state index in [1.807, 2.05) is 0 Å². The zero-order chi connectivity index (χ0) is 9.16. The van der Waals surface area contributed by atoms with Gasteiger partial charge in [-0.15, -0.1) is 0 Å². The highest BCUT2D eigenvalue weighted by Gasteiger charge is 2.50. The summed E-state index contributed by atoms with van der Waals surface area (Å²) < 4.78 is 0. The molecular formula is C10H11NO2. The molecule has 1 saturated carbocycles. The lowest BCUT2D eigenvalue weighted by molar-refractivity contribution is -0.136. The first-order valence-corrected chi connectivity index (χ1v) is 4.76. The molecule has 3 nitrogen and oxygen atoms in total. The fraction of sp³-hybridized carbons (Fsp3) is 0.600. The van der Waals surface area contributed by atoms with Crippen LogP contribution in [0.2, 0.25) is 0 Å². The van der Waals surface area contributed by atoms with E-state index in [1.54, 1.807) is 7.05 Å². The van der Waals surface area contributed by atoms with Crippen molar-refractivity contribution >= 4 is 11.8 Å². The Bertz CT molecular complexity index is 324. The minimum Gasteiger partial charge on any atom is -0.278 e. The third-order valence-electron chi connectivity index (χ3n) is 3.61. The number of likely N-dealkylation sites (N-methyl/N-ethyl adjacent to an activating group) is 1. The van der Waals surface area contributed by atoms with Gasteiger partial charge in [0.2, 0.25) is 0 Å². The molecule has 1 aliphatic heterocycles. The highest BCUT2D eigenvalue weighted by Crippen LogP contribution is 2.51. The number of carbonyl (C=O) groups excluding carboxylic acids is 2. The van der Waals surface area contributed by atoms with Gasteiger partial charge in [-0.25, -0.2) is 0 Å². The second-order valence-corrected chi connectivity index (χ2v) is 4.20. The van der Waals surface area contributed by atoms with Gasteiger partial charge < -0.3 is 0 Å². The maximum absolute atomic E-state index is 11.6. The number of hydrogen-bond acceptors (Lipinski definition) is 2. The molecule has 0 aromatic rings. The molecule has 1 fully saturated rings. The summed E-state index contributed by atoms with van der Waals surface area (Å²) in [5, 5.41) is 0. The summed E-state index contributed by atoms with van der Waals surface area (Å²) in [6, 6.07) is 0. The van der Waals surface area contributed by atoms with Crippen molar-refractivity contribution in [3.8, 4) is 0 Å². The van der Waals surface area contributed by atoms with Gasteiger partial charge in [-0.05, 0) is 31.1 Å². The largest absolute Gasteiger partial charge is 0.278 e. The average molecular weight is 177 g/mol. The first-order valence-electron chi connectivity index (χ1n) is 4.76. The zero-order valence-corrected chi connectivity index (χ0v) is 7.54. The summed E-state index contributed by atoms with van der Waals surface area (Å²) in [5.41, 5.74) is 1.70. The number of rotatable bonds is 0. The van der Waals surface area contributed by atoms with Crippen molar-refractivity contribution in [3.63, 3.8) is 0 Å². The van der Waals surface area contributed by atoms with E-state index < -0.39 is 0 Å². The van der Waals surface area contributed by atoms with Crippen molar-refractivity contribution in [3.05, 3.63) is 11.1 Å². The number of imide groups is 1. The highest BCUT2D eigenvalue weighted by molar-refractivity contribution is 6.20. The standard InChI is InChI=1S/C10H11NO2/c1-11-9(12)7-5-2-3-6(4-5)8(7)10(11)13/h5-6H,2-4H2,1H3. The molecular weight excluding hydrogens is 166 g/mol. The van der Waals surface area contributed by atoms with Crippen LogP contribution in [0.4, 0.5) is 0 Å². The number of carbonyl (C=O) groups is 2. The van der Waals surface area contributed by atoms with Gasteiger partial charge in [0.25, 0.3) is 11.8 Å². The molecule has 1 heterocycles. The SMILES string of the molecule is CN1C(=O)C2=C(C1=O)C1CCC2C1. The van der Waals surface area contributed by atoms with Gasteiger partial charge in [-0.1, -0.05) is 0 Å². The normalized spacial score (nSPS) is 36.5. The molecule has 2 unspecified atom stereocenters. The van der Waals surface area contributed by atoms with Gasteiger partial charge in [0.05, 0.1) is 0 Å². The third kappa shape index (κ3) is 0.666. The topological polar surface area (TPSA) is 37.4 Å². The molecule has 0 spiro atoms. The van der Waals surface area contributed by atoms with Crippen LogP contribution in [-0.4, -0.2) is 23.8 Å². The highest BCUT2D eigenvalue weighted by atomic mass is 16.2. The predicted molar refractivity (Wildman–Crippen MR) is 45.6 cm³/mol. The first-order chi connectivity index (χ1) is 6.20. The van der Waals surface area contributed by atoms with Crippen molar-refractivity contribution in [1.82, 2.24) is 4.90 Å². The van der Waals surface area contributed by atoms with Gasteiger partial charge in [0, 0.05) is 18.2 Å².